The number of ether oxygens (including phenoxy) is 2. The van der Waals surface area contributed by atoms with Crippen LogP contribution in [0.2, 0.25) is 0 Å². The zero-order valence-electron chi connectivity index (χ0n) is 14.9. The lowest BCUT2D eigenvalue weighted by Crippen LogP contribution is -2.31. The van der Waals surface area contributed by atoms with Crippen LogP contribution in [-0.4, -0.2) is 32.2 Å². The fourth-order valence-electron chi connectivity index (χ4n) is 2.40. The van der Waals surface area contributed by atoms with E-state index in [4.69, 9.17) is 9.47 Å². The third kappa shape index (κ3) is 6.37. The molecule has 2 N–H and O–H groups in total. The van der Waals surface area contributed by atoms with Gasteiger partial charge >= 0.3 is 0 Å². The molecule has 2 aromatic rings. The summed E-state index contributed by atoms with van der Waals surface area (Å²) in [6.45, 7) is 5.92. The van der Waals surface area contributed by atoms with E-state index < -0.39 is 0 Å². The zero-order chi connectivity index (χ0) is 17.9. The molecular formula is C20H26N2O3. The number of hydrogen-bond acceptors (Lipinski definition) is 4. The molecule has 1 amide bonds. The van der Waals surface area contributed by atoms with E-state index in [1.807, 2.05) is 62.4 Å². The van der Waals surface area contributed by atoms with Gasteiger partial charge < -0.3 is 20.1 Å². The second kappa shape index (κ2) is 10.2. The monoisotopic (exact) mass is 342 g/mol. The number of hydrogen-bond donors (Lipinski definition) is 2. The summed E-state index contributed by atoms with van der Waals surface area (Å²) >= 11 is 0. The molecule has 0 aliphatic heterocycles. The fourth-order valence-corrected chi connectivity index (χ4v) is 2.40. The van der Waals surface area contributed by atoms with Gasteiger partial charge in [-0.3, -0.25) is 4.79 Å². The number of carbonyl (C=O) groups excluding carboxylic acids is 1. The molecule has 0 saturated heterocycles. The quantitative estimate of drug-likeness (QED) is 0.696. The summed E-state index contributed by atoms with van der Waals surface area (Å²) in [5.74, 6) is 1.47. The number of carbonyl (C=O) groups is 1. The van der Waals surface area contributed by atoms with Crippen LogP contribution in [0, 0.1) is 0 Å². The topological polar surface area (TPSA) is 59.6 Å². The predicted octanol–water partition coefficient (Wildman–Crippen LogP) is 3.25. The Hall–Kier alpha value is -2.69. The predicted molar refractivity (Wildman–Crippen MR) is 100 cm³/mol. The lowest BCUT2D eigenvalue weighted by molar-refractivity contribution is -0.119. The maximum atomic E-state index is 11.9. The van der Waals surface area contributed by atoms with Crippen molar-refractivity contribution < 1.29 is 14.3 Å². The van der Waals surface area contributed by atoms with Crippen molar-refractivity contribution in [2.45, 2.75) is 20.3 Å². The number of rotatable bonds is 10. The van der Waals surface area contributed by atoms with Crippen LogP contribution in [0.5, 0.6) is 11.5 Å². The van der Waals surface area contributed by atoms with Gasteiger partial charge in [-0.15, -0.1) is 0 Å². The Morgan fingerprint density at radius 3 is 2.40 bits per heavy atom. The van der Waals surface area contributed by atoms with E-state index in [1.54, 1.807) is 0 Å². The third-order valence-corrected chi connectivity index (χ3v) is 3.57. The van der Waals surface area contributed by atoms with E-state index in [1.165, 1.54) is 0 Å². The first kappa shape index (κ1) is 18.6. The molecular weight excluding hydrogens is 316 g/mol. The van der Waals surface area contributed by atoms with Gasteiger partial charge in [0.1, 0.15) is 0 Å². The molecule has 0 bridgehead atoms. The zero-order valence-corrected chi connectivity index (χ0v) is 14.9. The second-order valence-corrected chi connectivity index (χ2v) is 5.47. The Kier molecular flexibility index (Phi) is 7.63. The molecule has 0 aromatic heterocycles. The summed E-state index contributed by atoms with van der Waals surface area (Å²) in [5.41, 5.74) is 2.04. The van der Waals surface area contributed by atoms with E-state index in [-0.39, 0.29) is 12.5 Å². The Balaban J connectivity index is 1.78. The van der Waals surface area contributed by atoms with Crippen molar-refractivity contribution in [3.63, 3.8) is 0 Å². The smallest absolute Gasteiger partial charge is 0.239 e. The van der Waals surface area contributed by atoms with Crippen LogP contribution >= 0.6 is 0 Å². The SMILES string of the molecule is CCOc1ccc(CCNC(=O)CNc2ccccc2)cc1OCC. The van der Waals surface area contributed by atoms with Crippen LogP contribution in [0.25, 0.3) is 0 Å². The Morgan fingerprint density at radius 2 is 1.68 bits per heavy atom. The molecule has 5 heteroatoms. The number of para-hydroxylation sites is 1. The molecule has 0 atom stereocenters. The minimum absolute atomic E-state index is 0.0279. The van der Waals surface area contributed by atoms with E-state index in [2.05, 4.69) is 10.6 Å². The molecule has 0 spiro atoms. The average Bonchev–Trinajstić information content (AvgIpc) is 2.63. The maximum absolute atomic E-state index is 11.9. The van der Waals surface area contributed by atoms with Crippen LogP contribution < -0.4 is 20.1 Å². The summed E-state index contributed by atoms with van der Waals surface area (Å²) in [5, 5.41) is 6.01. The summed E-state index contributed by atoms with van der Waals surface area (Å²) in [6.07, 6.45) is 0.740. The van der Waals surface area contributed by atoms with Gasteiger partial charge in [0.05, 0.1) is 19.8 Å². The maximum Gasteiger partial charge on any atom is 0.239 e. The number of benzene rings is 2. The standard InChI is InChI=1S/C20H26N2O3/c1-3-24-18-11-10-16(14-19(18)25-4-2)12-13-21-20(23)15-22-17-8-6-5-7-9-17/h5-11,14,22H,3-4,12-13,15H2,1-2H3,(H,21,23). The van der Waals surface area contributed by atoms with Gasteiger partial charge in [-0.1, -0.05) is 24.3 Å². The van der Waals surface area contributed by atoms with Crippen molar-refractivity contribution >= 4 is 11.6 Å². The first-order valence-electron chi connectivity index (χ1n) is 8.67. The molecule has 0 unspecified atom stereocenters. The van der Waals surface area contributed by atoms with E-state index >= 15 is 0 Å². The van der Waals surface area contributed by atoms with Crippen LogP contribution in [0.3, 0.4) is 0 Å². The molecule has 25 heavy (non-hydrogen) atoms. The largest absolute Gasteiger partial charge is 0.490 e. The summed E-state index contributed by atoms with van der Waals surface area (Å²) in [4.78, 5) is 11.9. The van der Waals surface area contributed by atoms with Crippen molar-refractivity contribution in [3.8, 4) is 11.5 Å². The first-order valence-corrected chi connectivity index (χ1v) is 8.67. The lowest BCUT2D eigenvalue weighted by Gasteiger charge is -2.13. The van der Waals surface area contributed by atoms with Gasteiger partial charge in [-0.05, 0) is 50.1 Å². The third-order valence-electron chi connectivity index (χ3n) is 3.57. The van der Waals surface area contributed by atoms with Gasteiger partial charge in [0.15, 0.2) is 11.5 Å². The van der Waals surface area contributed by atoms with Crippen molar-refractivity contribution in [3.05, 3.63) is 54.1 Å². The van der Waals surface area contributed by atoms with Crippen molar-refractivity contribution in [1.82, 2.24) is 5.32 Å². The van der Waals surface area contributed by atoms with Crippen molar-refractivity contribution in [1.29, 1.82) is 0 Å². The Bertz CT molecular complexity index is 659. The molecule has 0 aliphatic rings. The van der Waals surface area contributed by atoms with Gasteiger partial charge in [0, 0.05) is 12.2 Å². The summed E-state index contributed by atoms with van der Waals surface area (Å²) in [6, 6.07) is 15.6. The highest BCUT2D eigenvalue weighted by molar-refractivity contribution is 5.80. The van der Waals surface area contributed by atoms with Crippen molar-refractivity contribution in [2.24, 2.45) is 0 Å². The molecule has 2 rings (SSSR count). The van der Waals surface area contributed by atoms with Gasteiger partial charge in [-0.2, -0.15) is 0 Å². The second-order valence-electron chi connectivity index (χ2n) is 5.47. The molecule has 134 valence electrons. The number of nitrogens with one attached hydrogen (secondary N) is 2. The molecule has 0 saturated carbocycles. The lowest BCUT2D eigenvalue weighted by atomic mass is 10.1. The highest BCUT2D eigenvalue weighted by Crippen LogP contribution is 2.28. The number of anilines is 1. The molecule has 2 aromatic carbocycles. The van der Waals surface area contributed by atoms with Crippen LogP contribution in [0.4, 0.5) is 5.69 Å². The summed E-state index contributed by atoms with van der Waals surface area (Å²) in [7, 11) is 0. The van der Waals surface area contributed by atoms with Gasteiger partial charge in [-0.25, -0.2) is 0 Å². The van der Waals surface area contributed by atoms with Gasteiger partial charge in [0.2, 0.25) is 5.91 Å². The van der Waals surface area contributed by atoms with E-state index in [9.17, 15) is 4.79 Å². The first-order chi connectivity index (χ1) is 12.2. The fraction of sp³-hybridized carbons (Fsp3) is 0.350. The van der Waals surface area contributed by atoms with E-state index in [0.29, 0.717) is 19.8 Å². The van der Waals surface area contributed by atoms with Crippen LogP contribution in [-0.2, 0) is 11.2 Å². The van der Waals surface area contributed by atoms with Crippen LogP contribution in [0.1, 0.15) is 19.4 Å². The molecule has 5 nitrogen and oxygen atoms in total. The Morgan fingerprint density at radius 1 is 0.960 bits per heavy atom. The average molecular weight is 342 g/mol. The molecule has 0 radical (unpaired) electrons. The van der Waals surface area contributed by atoms with Gasteiger partial charge in [0.25, 0.3) is 0 Å². The van der Waals surface area contributed by atoms with Crippen LogP contribution in [0.15, 0.2) is 48.5 Å². The molecule has 0 aliphatic carbocycles. The Labute approximate surface area is 149 Å². The highest BCUT2D eigenvalue weighted by Gasteiger charge is 2.07. The molecule has 0 heterocycles. The highest BCUT2D eigenvalue weighted by atomic mass is 16.5. The normalized spacial score (nSPS) is 10.2. The minimum Gasteiger partial charge on any atom is -0.490 e. The number of amides is 1. The minimum atomic E-state index is -0.0279. The van der Waals surface area contributed by atoms with E-state index in [0.717, 1.165) is 29.2 Å². The molecule has 0 fully saturated rings. The summed E-state index contributed by atoms with van der Waals surface area (Å²) < 4.78 is 11.2. The van der Waals surface area contributed by atoms with Crippen molar-refractivity contribution in [2.75, 3.05) is 31.6 Å².